The molecule has 0 saturated carbocycles. The number of hydrogen-bond acceptors (Lipinski definition) is 4. The number of phenolic OH excluding ortho intramolecular Hbond substituents is 1. The van der Waals surface area contributed by atoms with Crippen molar-refractivity contribution in [2.45, 2.75) is 24.6 Å². The van der Waals surface area contributed by atoms with Crippen molar-refractivity contribution >= 4 is 17.2 Å². The summed E-state index contributed by atoms with van der Waals surface area (Å²) in [7, 11) is 0. The molecule has 7 heteroatoms. The van der Waals surface area contributed by atoms with Crippen LogP contribution in [0.5, 0.6) is 5.75 Å². The molecule has 2 aliphatic carbocycles. The number of rotatable bonds is 2. The molecule has 0 radical (unpaired) electrons. The first-order valence-corrected chi connectivity index (χ1v) is 9.47. The van der Waals surface area contributed by atoms with Gasteiger partial charge >= 0.3 is 6.18 Å². The molecule has 1 unspecified atom stereocenters. The number of phenols is 1. The van der Waals surface area contributed by atoms with Crippen LogP contribution in [0, 0.1) is 0 Å². The fraction of sp³-hybridized carbons (Fsp3) is 0.174. The number of carbonyl (C=O) groups excluding carboxylic acids is 1. The molecule has 0 saturated heterocycles. The summed E-state index contributed by atoms with van der Waals surface area (Å²) in [6, 6.07) is 11.6. The third kappa shape index (κ3) is 2.85. The smallest absolute Gasteiger partial charge is 0.418 e. The molecule has 5 rings (SSSR count). The van der Waals surface area contributed by atoms with E-state index in [1.165, 1.54) is 29.3 Å². The number of hydrogen-bond donors (Lipinski definition) is 2. The summed E-state index contributed by atoms with van der Waals surface area (Å²) < 4.78 is 41.4. The second-order valence-electron chi connectivity index (χ2n) is 7.69. The number of nitrogens with one attached hydrogen (secondary N) is 1. The van der Waals surface area contributed by atoms with Gasteiger partial charge in [-0.05, 0) is 42.0 Å². The number of allylic oxidation sites excluding steroid dienone is 2. The van der Waals surface area contributed by atoms with Gasteiger partial charge in [-0.25, -0.2) is 5.43 Å². The van der Waals surface area contributed by atoms with Crippen LogP contribution in [0.15, 0.2) is 77.9 Å². The number of nitrogens with zero attached hydrogens (tertiary/aromatic N) is 1. The minimum Gasteiger partial charge on any atom is -0.508 e. The van der Waals surface area contributed by atoms with Gasteiger partial charge in [0.1, 0.15) is 11.5 Å². The lowest BCUT2D eigenvalue weighted by Gasteiger charge is -2.36. The third-order valence-electron chi connectivity index (χ3n) is 5.63. The van der Waals surface area contributed by atoms with Gasteiger partial charge in [0.05, 0.1) is 22.5 Å². The molecular weight excluding hydrogens is 393 g/mol. The molecule has 4 nitrogen and oxygen atoms in total. The van der Waals surface area contributed by atoms with E-state index in [4.69, 9.17) is 0 Å². The van der Waals surface area contributed by atoms with Gasteiger partial charge in [0.15, 0.2) is 0 Å². The summed E-state index contributed by atoms with van der Waals surface area (Å²) in [5, 5.41) is 11.1. The lowest BCUT2D eigenvalue weighted by atomic mass is 9.74. The Balaban J connectivity index is 1.75. The van der Waals surface area contributed by atoms with Crippen LogP contribution in [0.2, 0.25) is 0 Å². The van der Waals surface area contributed by atoms with E-state index < -0.39 is 17.3 Å². The molecule has 0 aromatic heterocycles. The number of carbonyl (C=O) groups is 1. The largest absolute Gasteiger partial charge is 0.508 e. The average Bonchev–Trinajstić information content (AvgIpc) is 3.00. The molecule has 152 valence electrons. The van der Waals surface area contributed by atoms with E-state index in [1.54, 1.807) is 18.2 Å². The Bertz CT molecular complexity index is 1150. The van der Waals surface area contributed by atoms with Crippen molar-refractivity contribution in [3.05, 3.63) is 89.0 Å². The standard InChI is InChI=1S/C23H17F3N2O2/c24-23(25,26)18-3-1-2-4-20(18)28-21(15-6-8-16(29)9-7-15)19-10-5-14-11-17(30)13-22(19,12-14)27-28/h1-10,12,27,29H,11,13H2. The van der Waals surface area contributed by atoms with Crippen LogP contribution in [-0.4, -0.2) is 16.4 Å². The minimum absolute atomic E-state index is 0.0258. The first kappa shape index (κ1) is 18.7. The molecule has 3 aliphatic rings. The second kappa shape index (κ2) is 6.34. The van der Waals surface area contributed by atoms with Crippen LogP contribution in [-0.2, 0) is 11.0 Å². The summed E-state index contributed by atoms with van der Waals surface area (Å²) in [6.07, 6.45) is 1.57. The fourth-order valence-corrected chi connectivity index (χ4v) is 4.43. The lowest BCUT2D eigenvalue weighted by Crippen LogP contribution is -2.51. The van der Waals surface area contributed by atoms with Crippen LogP contribution < -0.4 is 10.4 Å². The number of hydrazine groups is 1. The van der Waals surface area contributed by atoms with E-state index in [9.17, 15) is 23.1 Å². The Hall–Kier alpha value is -3.32. The van der Waals surface area contributed by atoms with Gasteiger partial charge in [-0.1, -0.05) is 30.4 Å². The molecule has 1 atom stereocenters. The van der Waals surface area contributed by atoms with Crippen LogP contribution in [0.1, 0.15) is 24.0 Å². The predicted molar refractivity (Wildman–Crippen MR) is 106 cm³/mol. The number of Topliss-reactive ketones (excluding diaryl/α,β-unsaturated/α-hetero) is 1. The number of alkyl halides is 3. The highest BCUT2D eigenvalue weighted by molar-refractivity contribution is 5.94. The number of ketones is 1. The number of para-hydroxylation sites is 1. The first-order chi connectivity index (χ1) is 14.3. The fourth-order valence-electron chi connectivity index (χ4n) is 4.43. The van der Waals surface area contributed by atoms with Crippen molar-refractivity contribution in [3.8, 4) is 5.75 Å². The van der Waals surface area contributed by atoms with Crippen molar-refractivity contribution in [1.29, 1.82) is 0 Å². The zero-order valence-corrected chi connectivity index (χ0v) is 15.7. The van der Waals surface area contributed by atoms with E-state index in [1.807, 2.05) is 18.2 Å². The van der Waals surface area contributed by atoms with Gasteiger partial charge in [-0.15, -0.1) is 0 Å². The van der Waals surface area contributed by atoms with Gasteiger partial charge in [-0.2, -0.15) is 13.2 Å². The second-order valence-corrected chi connectivity index (χ2v) is 7.69. The molecule has 2 aromatic rings. The molecule has 2 N–H and O–H groups in total. The Labute approximate surface area is 170 Å². The molecular formula is C23H17F3N2O2. The van der Waals surface area contributed by atoms with Gasteiger partial charge in [-0.3, -0.25) is 9.80 Å². The van der Waals surface area contributed by atoms with Crippen LogP contribution >= 0.6 is 0 Å². The Kier molecular flexibility index (Phi) is 3.95. The highest BCUT2D eigenvalue weighted by atomic mass is 19.4. The van der Waals surface area contributed by atoms with Crippen molar-refractivity contribution in [3.63, 3.8) is 0 Å². The highest BCUT2D eigenvalue weighted by Crippen LogP contribution is 2.48. The normalized spacial score (nSPS) is 23.0. The van der Waals surface area contributed by atoms with E-state index in [2.05, 4.69) is 5.43 Å². The molecule has 1 heterocycles. The Morgan fingerprint density at radius 2 is 1.77 bits per heavy atom. The van der Waals surface area contributed by atoms with Crippen LogP contribution in [0.25, 0.3) is 5.70 Å². The maximum Gasteiger partial charge on any atom is 0.418 e. The van der Waals surface area contributed by atoms with Crippen molar-refractivity contribution in [2.75, 3.05) is 5.01 Å². The molecule has 30 heavy (non-hydrogen) atoms. The monoisotopic (exact) mass is 410 g/mol. The number of halogens is 3. The highest BCUT2D eigenvalue weighted by Gasteiger charge is 2.49. The van der Waals surface area contributed by atoms with Crippen molar-refractivity contribution < 1.29 is 23.1 Å². The third-order valence-corrected chi connectivity index (χ3v) is 5.63. The topological polar surface area (TPSA) is 52.6 Å². The summed E-state index contributed by atoms with van der Waals surface area (Å²) >= 11 is 0. The molecule has 0 amide bonds. The lowest BCUT2D eigenvalue weighted by molar-refractivity contribution is -0.137. The summed E-state index contributed by atoms with van der Waals surface area (Å²) in [4.78, 5) is 12.4. The maximum atomic E-state index is 13.8. The average molecular weight is 410 g/mol. The Morgan fingerprint density at radius 3 is 2.50 bits per heavy atom. The number of aromatic hydroxyl groups is 1. The number of anilines is 1. The minimum atomic E-state index is -4.55. The van der Waals surface area contributed by atoms with Crippen LogP contribution in [0.3, 0.4) is 0 Å². The predicted octanol–water partition coefficient (Wildman–Crippen LogP) is 4.74. The van der Waals surface area contributed by atoms with Gasteiger partial charge in [0.25, 0.3) is 0 Å². The summed E-state index contributed by atoms with van der Waals surface area (Å²) in [6.45, 7) is 0. The van der Waals surface area contributed by atoms with Gasteiger partial charge in [0.2, 0.25) is 0 Å². The van der Waals surface area contributed by atoms with Crippen LogP contribution in [0.4, 0.5) is 18.9 Å². The van der Waals surface area contributed by atoms with E-state index in [-0.39, 0.29) is 23.6 Å². The van der Waals surface area contributed by atoms with Crippen molar-refractivity contribution in [2.24, 2.45) is 0 Å². The summed E-state index contributed by atoms with van der Waals surface area (Å²) in [5.74, 6) is 0.0827. The number of benzene rings is 2. The quantitative estimate of drug-likeness (QED) is 0.751. The Morgan fingerprint density at radius 1 is 1.03 bits per heavy atom. The molecule has 2 aromatic carbocycles. The maximum absolute atomic E-state index is 13.8. The zero-order valence-electron chi connectivity index (χ0n) is 15.7. The van der Waals surface area contributed by atoms with E-state index in [0.29, 0.717) is 17.7 Å². The van der Waals surface area contributed by atoms with E-state index >= 15 is 0 Å². The molecule has 0 fully saturated rings. The van der Waals surface area contributed by atoms with Gasteiger partial charge < -0.3 is 5.11 Å². The summed E-state index contributed by atoms with van der Waals surface area (Å²) in [5.41, 5.74) is 4.20. The zero-order chi connectivity index (χ0) is 21.1. The first-order valence-electron chi connectivity index (χ1n) is 9.47. The molecule has 1 spiro atoms. The molecule has 1 aliphatic heterocycles. The van der Waals surface area contributed by atoms with Gasteiger partial charge in [0, 0.05) is 24.0 Å². The molecule has 2 bridgehead atoms. The van der Waals surface area contributed by atoms with E-state index in [0.717, 1.165) is 17.2 Å². The van der Waals surface area contributed by atoms with Crippen molar-refractivity contribution in [1.82, 2.24) is 5.43 Å². The SMILES string of the molecule is O=C1CC2=CC3(C1)NN(c1ccccc1C(F)(F)F)C(c1ccc(O)cc1)=C3C=C2.